The molecule has 6 nitrogen and oxygen atoms in total. The van der Waals surface area contributed by atoms with Crippen LogP contribution in [-0.2, 0) is 23.9 Å². The molecule has 1 fully saturated rings. The maximum Gasteiger partial charge on any atom is 0.318 e. The van der Waals surface area contributed by atoms with Gasteiger partial charge in [-0.05, 0) is 27.7 Å². The van der Waals surface area contributed by atoms with Crippen LogP contribution in [0.4, 0.5) is 0 Å². The summed E-state index contributed by atoms with van der Waals surface area (Å²) < 4.78 is 9.79. The lowest BCUT2D eigenvalue weighted by molar-refractivity contribution is -0.161. The number of carbonyl (C=O) groups excluding carboxylic acids is 3. The minimum atomic E-state index is -0.953. The molecule has 0 aromatic carbocycles. The number of Topliss-reactive ketones (excluding diaryl/α,β-unsaturated/α-hetero) is 1. The SMILES string of the molecule is CCOC(=O)[C@@H]1C(=O)[C@@H](C(=O)OCC)[C@@H](C)N[C@H]1C. The lowest BCUT2D eigenvalue weighted by Gasteiger charge is -2.36. The summed E-state index contributed by atoms with van der Waals surface area (Å²) in [5.74, 6) is -3.51. The van der Waals surface area contributed by atoms with Crippen molar-refractivity contribution >= 4 is 17.7 Å². The topological polar surface area (TPSA) is 81.7 Å². The summed E-state index contributed by atoms with van der Waals surface area (Å²) in [6.45, 7) is 7.22. The Morgan fingerprint density at radius 1 is 1.00 bits per heavy atom. The van der Waals surface area contributed by atoms with Gasteiger partial charge in [-0.2, -0.15) is 0 Å². The van der Waals surface area contributed by atoms with Crippen LogP contribution in [0, 0.1) is 11.8 Å². The summed E-state index contributed by atoms with van der Waals surface area (Å²) in [5, 5.41) is 3.07. The molecule has 0 saturated carbocycles. The maximum atomic E-state index is 12.3. The molecule has 0 aliphatic carbocycles. The van der Waals surface area contributed by atoms with Crippen molar-refractivity contribution in [1.82, 2.24) is 5.32 Å². The first-order chi connectivity index (χ1) is 8.93. The Balaban J connectivity index is 2.92. The fraction of sp³-hybridized carbons (Fsp3) is 0.769. The molecule has 4 atom stereocenters. The Bertz CT molecular complexity index is 336. The number of rotatable bonds is 4. The second kappa shape index (κ2) is 6.65. The summed E-state index contributed by atoms with van der Waals surface area (Å²) >= 11 is 0. The average Bonchev–Trinajstić information content (AvgIpc) is 2.28. The van der Waals surface area contributed by atoms with Gasteiger partial charge in [0.2, 0.25) is 0 Å². The van der Waals surface area contributed by atoms with Crippen LogP contribution in [0.15, 0.2) is 0 Å². The van der Waals surface area contributed by atoms with Crippen molar-refractivity contribution in [2.75, 3.05) is 13.2 Å². The van der Waals surface area contributed by atoms with Crippen LogP contribution in [0.5, 0.6) is 0 Å². The Labute approximate surface area is 112 Å². The van der Waals surface area contributed by atoms with E-state index in [2.05, 4.69) is 5.32 Å². The zero-order valence-corrected chi connectivity index (χ0v) is 11.8. The third-order valence-corrected chi connectivity index (χ3v) is 3.22. The molecule has 1 aliphatic heterocycles. The van der Waals surface area contributed by atoms with Crippen LogP contribution in [0.2, 0.25) is 0 Å². The van der Waals surface area contributed by atoms with Gasteiger partial charge in [-0.1, -0.05) is 0 Å². The van der Waals surface area contributed by atoms with Crippen LogP contribution in [0.1, 0.15) is 27.7 Å². The first-order valence-electron chi connectivity index (χ1n) is 6.57. The number of ketones is 1. The third-order valence-electron chi connectivity index (χ3n) is 3.22. The smallest absolute Gasteiger partial charge is 0.318 e. The highest BCUT2D eigenvalue weighted by atomic mass is 16.5. The van der Waals surface area contributed by atoms with Crippen LogP contribution >= 0.6 is 0 Å². The van der Waals surface area contributed by atoms with Crippen molar-refractivity contribution in [3.05, 3.63) is 0 Å². The second-order valence-electron chi connectivity index (χ2n) is 4.61. The van der Waals surface area contributed by atoms with E-state index in [1.54, 1.807) is 27.7 Å². The average molecular weight is 271 g/mol. The highest BCUT2D eigenvalue weighted by Gasteiger charge is 2.48. The van der Waals surface area contributed by atoms with Gasteiger partial charge in [0.15, 0.2) is 5.78 Å². The predicted octanol–water partition coefficient (Wildman–Crippen LogP) is 0.294. The standard InChI is InChI=1S/C13H21NO5/c1-5-18-12(16)9-7(3)14-8(4)10(11(9)15)13(17)19-6-2/h7-10,14H,5-6H2,1-4H3/t7-,8+,9-,10-/m0/s1. The summed E-state index contributed by atoms with van der Waals surface area (Å²) in [6, 6.07) is -0.709. The molecule has 0 aromatic rings. The van der Waals surface area contributed by atoms with Gasteiger partial charge in [-0.3, -0.25) is 14.4 Å². The van der Waals surface area contributed by atoms with Gasteiger partial charge < -0.3 is 14.8 Å². The molecule has 1 N–H and O–H groups in total. The van der Waals surface area contributed by atoms with Crippen molar-refractivity contribution in [3.63, 3.8) is 0 Å². The maximum absolute atomic E-state index is 12.3. The molecule has 1 rings (SSSR count). The number of nitrogens with one attached hydrogen (secondary N) is 1. The van der Waals surface area contributed by atoms with Crippen LogP contribution in [0.3, 0.4) is 0 Å². The summed E-state index contributed by atoms with van der Waals surface area (Å²) in [4.78, 5) is 36.0. The number of esters is 2. The van der Waals surface area contributed by atoms with E-state index in [0.29, 0.717) is 0 Å². The lowest BCUT2D eigenvalue weighted by Crippen LogP contribution is -2.60. The van der Waals surface area contributed by atoms with E-state index in [4.69, 9.17) is 9.47 Å². The fourth-order valence-corrected chi connectivity index (χ4v) is 2.40. The second-order valence-corrected chi connectivity index (χ2v) is 4.61. The number of hydrogen-bond acceptors (Lipinski definition) is 6. The zero-order valence-electron chi connectivity index (χ0n) is 11.8. The lowest BCUT2D eigenvalue weighted by atomic mass is 9.79. The molecular weight excluding hydrogens is 250 g/mol. The van der Waals surface area contributed by atoms with Crippen LogP contribution in [-0.4, -0.2) is 43.0 Å². The fourth-order valence-electron chi connectivity index (χ4n) is 2.40. The largest absolute Gasteiger partial charge is 0.465 e. The molecule has 0 spiro atoms. The number of ether oxygens (including phenoxy) is 2. The Hall–Kier alpha value is -1.43. The molecule has 6 heteroatoms. The highest BCUT2D eigenvalue weighted by Crippen LogP contribution is 2.24. The predicted molar refractivity (Wildman–Crippen MR) is 67.3 cm³/mol. The van der Waals surface area contributed by atoms with E-state index in [-0.39, 0.29) is 25.3 Å². The third kappa shape index (κ3) is 3.32. The van der Waals surface area contributed by atoms with E-state index in [9.17, 15) is 14.4 Å². The number of carbonyl (C=O) groups is 3. The van der Waals surface area contributed by atoms with Crippen molar-refractivity contribution < 1.29 is 23.9 Å². The van der Waals surface area contributed by atoms with Gasteiger partial charge in [0, 0.05) is 12.1 Å². The van der Waals surface area contributed by atoms with E-state index >= 15 is 0 Å². The minimum absolute atomic E-state index is 0.203. The molecule has 19 heavy (non-hydrogen) atoms. The summed E-state index contributed by atoms with van der Waals surface area (Å²) in [5.41, 5.74) is 0. The van der Waals surface area contributed by atoms with Gasteiger partial charge in [-0.25, -0.2) is 0 Å². The normalized spacial score (nSPS) is 30.8. The molecule has 0 unspecified atom stereocenters. The van der Waals surface area contributed by atoms with Gasteiger partial charge in [0.25, 0.3) is 0 Å². The quantitative estimate of drug-likeness (QED) is 0.585. The molecule has 0 radical (unpaired) electrons. The van der Waals surface area contributed by atoms with Crippen LogP contribution < -0.4 is 5.32 Å². The summed E-state index contributed by atoms with van der Waals surface area (Å²) in [7, 11) is 0. The number of piperidine rings is 1. The molecular formula is C13H21NO5. The Kier molecular flexibility index (Phi) is 5.47. The van der Waals surface area contributed by atoms with Crippen LogP contribution in [0.25, 0.3) is 0 Å². The van der Waals surface area contributed by atoms with E-state index in [1.807, 2.05) is 0 Å². The van der Waals surface area contributed by atoms with Gasteiger partial charge in [0.1, 0.15) is 11.8 Å². The van der Waals surface area contributed by atoms with Crippen molar-refractivity contribution in [2.45, 2.75) is 39.8 Å². The number of hydrogen-bond donors (Lipinski definition) is 1. The first kappa shape index (κ1) is 15.6. The monoisotopic (exact) mass is 271 g/mol. The van der Waals surface area contributed by atoms with Gasteiger partial charge in [-0.15, -0.1) is 0 Å². The van der Waals surface area contributed by atoms with E-state index < -0.39 is 29.6 Å². The Morgan fingerprint density at radius 2 is 1.37 bits per heavy atom. The van der Waals surface area contributed by atoms with Crippen molar-refractivity contribution in [3.8, 4) is 0 Å². The summed E-state index contributed by atoms with van der Waals surface area (Å²) in [6.07, 6.45) is 0. The first-order valence-corrected chi connectivity index (χ1v) is 6.57. The zero-order chi connectivity index (χ0) is 14.6. The molecule has 1 aliphatic rings. The van der Waals surface area contributed by atoms with Crippen molar-refractivity contribution in [1.29, 1.82) is 0 Å². The molecule has 1 saturated heterocycles. The molecule has 1 heterocycles. The molecule has 0 bridgehead atoms. The van der Waals surface area contributed by atoms with Gasteiger partial charge >= 0.3 is 11.9 Å². The van der Waals surface area contributed by atoms with E-state index in [1.165, 1.54) is 0 Å². The molecule has 108 valence electrons. The van der Waals surface area contributed by atoms with Gasteiger partial charge in [0.05, 0.1) is 13.2 Å². The van der Waals surface area contributed by atoms with Crippen molar-refractivity contribution in [2.24, 2.45) is 11.8 Å². The highest BCUT2D eigenvalue weighted by molar-refractivity contribution is 6.10. The molecule has 0 aromatic heterocycles. The van der Waals surface area contributed by atoms with E-state index in [0.717, 1.165) is 0 Å². The minimum Gasteiger partial charge on any atom is -0.465 e. The Morgan fingerprint density at radius 3 is 1.68 bits per heavy atom. The molecule has 0 amide bonds.